The number of rotatable bonds is 1. The Morgan fingerprint density at radius 3 is 2.27 bits per heavy atom. The fourth-order valence-corrected chi connectivity index (χ4v) is 2.52. The number of hydrogen-bond acceptors (Lipinski definition) is 3. The van der Waals surface area contributed by atoms with Crippen molar-refractivity contribution in [3.63, 3.8) is 0 Å². The number of sulfonamides is 1. The van der Waals surface area contributed by atoms with Gasteiger partial charge >= 0.3 is 0 Å². The average molecular weight is 214 g/mol. The molecule has 0 saturated heterocycles. The van der Waals surface area contributed by atoms with E-state index in [1.807, 2.05) is 0 Å². The fourth-order valence-electron chi connectivity index (χ4n) is 0.650. The zero-order valence-corrected chi connectivity index (χ0v) is 8.22. The van der Waals surface area contributed by atoms with Gasteiger partial charge in [0.15, 0.2) is 0 Å². The molecule has 3 nitrogen and oxygen atoms in total. The van der Waals surface area contributed by atoms with Gasteiger partial charge in [-0.3, -0.25) is 0 Å². The van der Waals surface area contributed by atoms with Crippen LogP contribution in [0.2, 0.25) is 0 Å². The highest BCUT2D eigenvalue weighted by Crippen LogP contribution is 2.19. The summed E-state index contributed by atoms with van der Waals surface area (Å²) in [6, 6.07) is 1.73. The van der Waals surface area contributed by atoms with E-state index in [-0.39, 0.29) is 16.6 Å². The Morgan fingerprint density at radius 1 is 1.55 bits per heavy atom. The minimum absolute atomic E-state index is 0. The Bertz CT molecular complexity index is 330. The van der Waals surface area contributed by atoms with Crippen molar-refractivity contribution in [2.45, 2.75) is 11.1 Å². The zero-order valence-electron chi connectivity index (χ0n) is 5.77. The Morgan fingerprint density at radius 2 is 2.09 bits per heavy atom. The molecule has 0 atom stereocenters. The Labute approximate surface area is 75.7 Å². The molecule has 0 amide bonds. The van der Waals surface area contributed by atoms with Crippen LogP contribution in [0.3, 0.4) is 0 Å². The molecule has 0 radical (unpaired) electrons. The second kappa shape index (κ2) is 3.53. The Hall–Kier alpha value is -0.100. The van der Waals surface area contributed by atoms with Crippen molar-refractivity contribution in [1.82, 2.24) is 0 Å². The first kappa shape index (κ1) is 10.9. The maximum Gasteiger partial charge on any atom is 0.247 e. The Kier molecular flexibility index (Phi) is 3.50. The summed E-state index contributed by atoms with van der Waals surface area (Å²) in [6.45, 7) is 1.72. The average Bonchev–Trinajstić information content (AvgIpc) is 2.11. The largest absolute Gasteiger partial charge is 0.247 e. The van der Waals surface area contributed by atoms with Gasteiger partial charge in [0, 0.05) is 0 Å². The van der Waals surface area contributed by atoms with E-state index in [2.05, 4.69) is 0 Å². The van der Waals surface area contributed by atoms with Crippen LogP contribution in [0, 0.1) is 6.92 Å². The van der Waals surface area contributed by atoms with Crippen molar-refractivity contribution in [2.75, 3.05) is 0 Å². The van der Waals surface area contributed by atoms with Crippen molar-refractivity contribution in [3.8, 4) is 0 Å². The summed E-state index contributed by atoms with van der Waals surface area (Å²) in [7, 11) is -3.47. The monoisotopic (exact) mass is 213 g/mol. The third kappa shape index (κ3) is 2.44. The normalized spacial score (nSPS) is 10.7. The molecule has 0 fully saturated rings. The summed E-state index contributed by atoms with van der Waals surface area (Å²) in [6.07, 6.45) is 0. The maximum atomic E-state index is 10.7. The van der Waals surface area contributed by atoms with Crippen molar-refractivity contribution < 1.29 is 8.42 Å². The number of hydrogen-bond donors (Lipinski definition) is 1. The van der Waals surface area contributed by atoms with E-state index in [1.165, 1.54) is 0 Å². The standard InChI is InChI=1S/C5H7NO2S2.ClH/c1-4-2-3-9-5(4)10(6,7)8;/h2-3H,1H3,(H2,6,7,8);1H. The van der Waals surface area contributed by atoms with Crippen LogP contribution < -0.4 is 5.14 Å². The van der Waals surface area contributed by atoms with Crippen LogP contribution in [0.25, 0.3) is 0 Å². The molecule has 0 bridgehead atoms. The minimum Gasteiger partial charge on any atom is -0.224 e. The van der Waals surface area contributed by atoms with Crippen LogP contribution in [-0.4, -0.2) is 8.42 Å². The van der Waals surface area contributed by atoms with Crippen LogP contribution in [0.4, 0.5) is 0 Å². The van der Waals surface area contributed by atoms with Crippen LogP contribution in [0.15, 0.2) is 15.7 Å². The van der Waals surface area contributed by atoms with Crippen molar-refractivity contribution >= 4 is 33.8 Å². The lowest BCUT2D eigenvalue weighted by atomic mass is 10.4. The summed E-state index contributed by atoms with van der Waals surface area (Å²) in [5.41, 5.74) is 0.715. The number of halogens is 1. The highest BCUT2D eigenvalue weighted by Gasteiger charge is 2.11. The van der Waals surface area contributed by atoms with E-state index < -0.39 is 10.0 Å². The van der Waals surface area contributed by atoms with Crippen molar-refractivity contribution in [2.24, 2.45) is 5.14 Å². The van der Waals surface area contributed by atoms with Crippen LogP contribution >= 0.6 is 23.7 Å². The van der Waals surface area contributed by atoms with Crippen molar-refractivity contribution in [3.05, 3.63) is 17.0 Å². The summed E-state index contributed by atoms with van der Waals surface area (Å²) in [5, 5.41) is 6.59. The second-order valence-electron chi connectivity index (χ2n) is 1.94. The minimum atomic E-state index is -3.47. The number of aryl methyl sites for hydroxylation is 1. The molecule has 64 valence electrons. The molecule has 0 aromatic carbocycles. The molecule has 0 unspecified atom stereocenters. The van der Waals surface area contributed by atoms with E-state index in [1.54, 1.807) is 18.4 Å². The fraction of sp³-hybridized carbons (Fsp3) is 0.200. The first-order chi connectivity index (χ1) is 4.52. The molecule has 6 heteroatoms. The van der Waals surface area contributed by atoms with Crippen LogP contribution in [0.1, 0.15) is 5.56 Å². The summed E-state index contributed by atoms with van der Waals surface area (Å²) >= 11 is 1.14. The summed E-state index contributed by atoms with van der Waals surface area (Å²) < 4.78 is 21.7. The molecule has 2 N–H and O–H groups in total. The quantitative estimate of drug-likeness (QED) is 0.760. The lowest BCUT2D eigenvalue weighted by Crippen LogP contribution is -2.11. The highest BCUT2D eigenvalue weighted by molar-refractivity contribution is 7.91. The zero-order chi connectivity index (χ0) is 7.78. The molecule has 1 aromatic rings. The van der Waals surface area contributed by atoms with Gasteiger partial charge in [-0.15, -0.1) is 23.7 Å². The molecule has 1 heterocycles. The molecule has 0 aliphatic carbocycles. The first-order valence-corrected chi connectivity index (χ1v) is 5.01. The highest BCUT2D eigenvalue weighted by atomic mass is 35.5. The second-order valence-corrected chi connectivity index (χ2v) is 4.61. The van der Waals surface area contributed by atoms with Gasteiger partial charge in [0.25, 0.3) is 0 Å². The molecular weight excluding hydrogens is 206 g/mol. The predicted molar refractivity (Wildman–Crippen MR) is 47.7 cm³/mol. The van der Waals surface area contributed by atoms with E-state index >= 15 is 0 Å². The van der Waals surface area contributed by atoms with Gasteiger partial charge in [0.1, 0.15) is 4.21 Å². The van der Waals surface area contributed by atoms with Gasteiger partial charge in [-0.05, 0) is 23.9 Å². The lowest BCUT2D eigenvalue weighted by molar-refractivity contribution is 0.599. The van der Waals surface area contributed by atoms with E-state index in [0.29, 0.717) is 5.56 Å². The summed E-state index contributed by atoms with van der Waals surface area (Å²) in [4.78, 5) is 0. The first-order valence-electron chi connectivity index (χ1n) is 2.58. The Balaban J connectivity index is 0.000001000. The predicted octanol–water partition coefficient (Wildman–Crippen LogP) is 1.13. The van der Waals surface area contributed by atoms with E-state index in [9.17, 15) is 8.42 Å². The smallest absolute Gasteiger partial charge is 0.224 e. The molecular formula is C5H8ClNO2S2. The van der Waals surface area contributed by atoms with Gasteiger partial charge in [0.05, 0.1) is 0 Å². The third-order valence-corrected chi connectivity index (χ3v) is 3.71. The van der Waals surface area contributed by atoms with Crippen LogP contribution in [-0.2, 0) is 10.0 Å². The molecule has 0 aliphatic rings. The van der Waals surface area contributed by atoms with Gasteiger partial charge in [-0.25, -0.2) is 13.6 Å². The molecule has 11 heavy (non-hydrogen) atoms. The lowest BCUT2D eigenvalue weighted by Gasteiger charge is -1.92. The molecule has 1 aromatic heterocycles. The third-order valence-electron chi connectivity index (χ3n) is 1.07. The SMILES string of the molecule is Cc1ccsc1S(N)(=O)=O.Cl. The number of nitrogens with two attached hydrogens (primary N) is 1. The molecule has 1 rings (SSSR count). The molecule has 0 spiro atoms. The molecule has 0 aliphatic heterocycles. The number of thiophene rings is 1. The number of primary sulfonamides is 1. The van der Waals surface area contributed by atoms with E-state index in [4.69, 9.17) is 5.14 Å². The van der Waals surface area contributed by atoms with Crippen LogP contribution in [0.5, 0.6) is 0 Å². The van der Waals surface area contributed by atoms with Gasteiger partial charge in [0.2, 0.25) is 10.0 Å². The van der Waals surface area contributed by atoms with Gasteiger partial charge in [-0.2, -0.15) is 0 Å². The summed E-state index contributed by atoms with van der Waals surface area (Å²) in [5.74, 6) is 0. The topological polar surface area (TPSA) is 60.2 Å². The van der Waals surface area contributed by atoms with Gasteiger partial charge in [-0.1, -0.05) is 0 Å². The van der Waals surface area contributed by atoms with Crippen molar-refractivity contribution in [1.29, 1.82) is 0 Å². The maximum absolute atomic E-state index is 10.7. The van der Waals surface area contributed by atoms with E-state index in [0.717, 1.165) is 11.3 Å². The van der Waals surface area contributed by atoms with Gasteiger partial charge < -0.3 is 0 Å². The molecule has 0 saturated carbocycles.